The monoisotopic (exact) mass is 601 g/mol. The number of halogens is 1. The van der Waals surface area contributed by atoms with Crippen LogP contribution in [0, 0.1) is 18.7 Å². The van der Waals surface area contributed by atoms with E-state index in [1.165, 1.54) is 48.4 Å². The summed E-state index contributed by atoms with van der Waals surface area (Å²) in [5.74, 6) is -3.04. The first-order chi connectivity index (χ1) is 20.3. The molecule has 0 aliphatic carbocycles. The van der Waals surface area contributed by atoms with E-state index >= 15 is 0 Å². The van der Waals surface area contributed by atoms with Crippen molar-refractivity contribution in [1.82, 2.24) is 20.7 Å². The van der Waals surface area contributed by atoms with Gasteiger partial charge in [-0.1, -0.05) is 37.2 Å². The highest BCUT2D eigenvalue weighted by molar-refractivity contribution is 5.97. The Kier molecular flexibility index (Phi) is 13.5. The standard InChI is InChI=1S/C30H40FN5O7/c1-6-42-27(38)14-12-22(11-13-26(32)37)33-29(40)25(17-20-7-9-21(31)10-8-20)36(5)30(41)24(15-18(2)3)34-28(39)23-16-19(4)43-35-23/h7-10,12,14,16,18,22,24-25H,6,11,13,15,17H2,1-5H3,(H2,32,37)(H,33,40)(H,34,39)/t22-,24-,25-/m0/s1. The SMILES string of the molecule is CCOC(=O)C=C[C@H](CCC(N)=O)NC(=O)[C@H](Cc1ccc(F)cc1)N(C)C(=O)[C@H](CC(C)C)NC(=O)c1cc(C)on1. The number of hydrogen-bond donors (Lipinski definition) is 3. The Hall–Kier alpha value is -4.55. The smallest absolute Gasteiger partial charge is 0.330 e. The third-order valence-corrected chi connectivity index (χ3v) is 6.41. The van der Waals surface area contributed by atoms with Gasteiger partial charge in [0.25, 0.3) is 5.91 Å². The van der Waals surface area contributed by atoms with Gasteiger partial charge in [0.1, 0.15) is 23.7 Å². The van der Waals surface area contributed by atoms with Crippen molar-refractivity contribution in [3.63, 3.8) is 0 Å². The molecule has 4 amide bonds. The lowest BCUT2D eigenvalue weighted by Gasteiger charge is -2.32. The number of benzene rings is 1. The van der Waals surface area contributed by atoms with E-state index < -0.39 is 53.5 Å². The maximum atomic E-state index is 13.8. The number of carbonyl (C=O) groups excluding carboxylic acids is 5. The van der Waals surface area contributed by atoms with Crippen molar-refractivity contribution in [2.45, 2.75) is 71.5 Å². The van der Waals surface area contributed by atoms with Gasteiger partial charge in [0.05, 0.1) is 6.61 Å². The summed E-state index contributed by atoms with van der Waals surface area (Å²) in [5.41, 5.74) is 5.87. The summed E-state index contributed by atoms with van der Waals surface area (Å²) < 4.78 is 23.5. The molecule has 0 unspecified atom stereocenters. The molecule has 0 radical (unpaired) electrons. The van der Waals surface area contributed by atoms with E-state index in [1.54, 1.807) is 13.8 Å². The molecule has 0 saturated carbocycles. The number of nitrogens with one attached hydrogen (secondary N) is 2. The Balaban J connectivity index is 2.38. The van der Waals surface area contributed by atoms with Crippen LogP contribution >= 0.6 is 0 Å². The molecule has 3 atom stereocenters. The molecule has 0 aliphatic rings. The van der Waals surface area contributed by atoms with E-state index in [0.717, 1.165) is 6.08 Å². The summed E-state index contributed by atoms with van der Waals surface area (Å²) in [6.07, 6.45) is 2.79. The molecular weight excluding hydrogens is 561 g/mol. The zero-order valence-corrected chi connectivity index (χ0v) is 25.1. The van der Waals surface area contributed by atoms with Gasteiger partial charge in [-0.2, -0.15) is 0 Å². The molecule has 0 saturated heterocycles. The number of amides is 4. The number of rotatable bonds is 16. The highest BCUT2D eigenvalue weighted by Crippen LogP contribution is 2.16. The number of hydrogen-bond acceptors (Lipinski definition) is 8. The molecule has 12 nitrogen and oxygen atoms in total. The predicted molar refractivity (Wildman–Crippen MR) is 155 cm³/mol. The van der Waals surface area contributed by atoms with Crippen LogP contribution in [0.2, 0.25) is 0 Å². The van der Waals surface area contributed by atoms with E-state index in [9.17, 15) is 28.4 Å². The van der Waals surface area contributed by atoms with Gasteiger partial charge >= 0.3 is 5.97 Å². The summed E-state index contributed by atoms with van der Waals surface area (Å²) in [6.45, 7) is 7.19. The molecule has 13 heteroatoms. The van der Waals surface area contributed by atoms with Crippen molar-refractivity contribution in [2.24, 2.45) is 11.7 Å². The second kappa shape index (κ2) is 16.8. The number of aryl methyl sites for hydroxylation is 1. The summed E-state index contributed by atoms with van der Waals surface area (Å²) in [4.78, 5) is 64.9. The van der Waals surface area contributed by atoms with Gasteiger partial charge in [0.15, 0.2) is 5.69 Å². The molecule has 234 valence electrons. The molecule has 2 rings (SSSR count). The topological polar surface area (TPSA) is 174 Å². The van der Waals surface area contributed by atoms with Crippen molar-refractivity contribution in [3.8, 4) is 0 Å². The largest absolute Gasteiger partial charge is 0.463 e. The Bertz CT molecular complexity index is 1290. The molecule has 2 aromatic rings. The molecule has 4 N–H and O–H groups in total. The van der Waals surface area contributed by atoms with Crippen molar-refractivity contribution >= 4 is 29.6 Å². The van der Waals surface area contributed by atoms with Crippen LogP contribution in [0.4, 0.5) is 4.39 Å². The third-order valence-electron chi connectivity index (χ3n) is 6.41. The number of ether oxygens (including phenoxy) is 1. The molecule has 43 heavy (non-hydrogen) atoms. The van der Waals surface area contributed by atoms with Crippen molar-refractivity contribution < 1.29 is 37.6 Å². The van der Waals surface area contributed by atoms with Crippen LogP contribution in [0.25, 0.3) is 0 Å². The van der Waals surface area contributed by atoms with Crippen LogP contribution in [0.15, 0.2) is 47.0 Å². The number of aromatic nitrogens is 1. The zero-order chi connectivity index (χ0) is 32.1. The lowest BCUT2D eigenvalue weighted by molar-refractivity contribution is -0.140. The van der Waals surface area contributed by atoms with Crippen molar-refractivity contribution in [3.05, 3.63) is 65.3 Å². The number of carbonyl (C=O) groups is 5. The number of esters is 1. The lowest BCUT2D eigenvalue weighted by Crippen LogP contribution is -2.56. The van der Waals surface area contributed by atoms with E-state index in [1.807, 2.05) is 13.8 Å². The Morgan fingerprint density at radius 1 is 1.14 bits per heavy atom. The molecular formula is C30H40FN5O7. The summed E-state index contributed by atoms with van der Waals surface area (Å²) in [7, 11) is 1.43. The lowest BCUT2D eigenvalue weighted by atomic mass is 9.99. The number of likely N-dealkylation sites (N-methyl/N-ethyl adjacent to an activating group) is 1. The predicted octanol–water partition coefficient (Wildman–Crippen LogP) is 2.21. The number of nitrogens with two attached hydrogens (primary N) is 1. The quantitative estimate of drug-likeness (QED) is 0.194. The van der Waals surface area contributed by atoms with Gasteiger partial charge in [-0.25, -0.2) is 9.18 Å². The fourth-order valence-corrected chi connectivity index (χ4v) is 4.23. The molecule has 1 aromatic heterocycles. The van der Waals surface area contributed by atoms with Crippen LogP contribution < -0.4 is 16.4 Å². The van der Waals surface area contributed by atoms with Gasteiger partial charge in [-0.15, -0.1) is 0 Å². The van der Waals surface area contributed by atoms with Crippen LogP contribution in [-0.4, -0.2) is 71.4 Å². The first-order valence-corrected chi connectivity index (χ1v) is 14.0. The van der Waals surface area contributed by atoms with E-state index in [4.69, 9.17) is 15.0 Å². The number of nitrogens with zero attached hydrogens (tertiary/aromatic N) is 2. The fraction of sp³-hybridized carbons (Fsp3) is 0.467. The maximum Gasteiger partial charge on any atom is 0.330 e. The summed E-state index contributed by atoms with van der Waals surface area (Å²) in [6, 6.07) is 4.00. The molecule has 1 aromatic carbocycles. The highest BCUT2D eigenvalue weighted by atomic mass is 19.1. The summed E-state index contributed by atoms with van der Waals surface area (Å²) in [5, 5.41) is 9.16. The zero-order valence-electron chi connectivity index (χ0n) is 25.1. The first-order valence-electron chi connectivity index (χ1n) is 14.0. The van der Waals surface area contributed by atoms with E-state index in [-0.39, 0.29) is 43.9 Å². The summed E-state index contributed by atoms with van der Waals surface area (Å²) >= 11 is 0. The minimum absolute atomic E-state index is 0.00253. The normalized spacial score (nSPS) is 13.3. The molecule has 0 fully saturated rings. The molecule has 0 spiro atoms. The Labute approximate surface area is 250 Å². The van der Waals surface area contributed by atoms with Crippen LogP contribution in [0.1, 0.15) is 61.8 Å². The first kappa shape index (κ1) is 34.7. The molecule has 1 heterocycles. The average Bonchev–Trinajstić information content (AvgIpc) is 3.39. The Morgan fingerprint density at radius 3 is 2.37 bits per heavy atom. The van der Waals surface area contributed by atoms with Gasteiger partial charge in [0.2, 0.25) is 17.7 Å². The maximum absolute atomic E-state index is 13.8. The minimum Gasteiger partial charge on any atom is -0.463 e. The van der Waals surface area contributed by atoms with E-state index in [0.29, 0.717) is 11.3 Å². The average molecular weight is 602 g/mol. The third kappa shape index (κ3) is 11.7. The molecule has 0 bridgehead atoms. The Morgan fingerprint density at radius 2 is 1.81 bits per heavy atom. The van der Waals surface area contributed by atoms with Crippen molar-refractivity contribution in [2.75, 3.05) is 13.7 Å². The number of primary amides is 1. The van der Waals surface area contributed by atoms with Gasteiger partial charge in [-0.05, 0) is 50.3 Å². The van der Waals surface area contributed by atoms with E-state index in [2.05, 4.69) is 15.8 Å². The second-order valence-corrected chi connectivity index (χ2v) is 10.5. The van der Waals surface area contributed by atoms with Crippen LogP contribution in [0.3, 0.4) is 0 Å². The minimum atomic E-state index is -1.12. The van der Waals surface area contributed by atoms with Gasteiger partial charge in [-0.3, -0.25) is 19.2 Å². The van der Waals surface area contributed by atoms with Gasteiger partial charge < -0.3 is 30.5 Å². The van der Waals surface area contributed by atoms with Crippen molar-refractivity contribution in [1.29, 1.82) is 0 Å². The van der Waals surface area contributed by atoms with Crippen LogP contribution in [0.5, 0.6) is 0 Å². The van der Waals surface area contributed by atoms with Gasteiger partial charge in [0, 0.05) is 38.1 Å². The van der Waals surface area contributed by atoms with Crippen LogP contribution in [-0.2, 0) is 30.3 Å². The molecule has 0 aliphatic heterocycles. The second-order valence-electron chi connectivity index (χ2n) is 10.5. The highest BCUT2D eigenvalue weighted by Gasteiger charge is 2.34. The fourth-order valence-electron chi connectivity index (χ4n) is 4.23.